The second-order valence-corrected chi connectivity index (χ2v) is 7.75. The van der Waals surface area contributed by atoms with Gasteiger partial charge in [-0.2, -0.15) is 0 Å². The SMILES string of the molecule is O=C(O)c1cc(Cl)c(Cl)cc1C(=O)Nc1cccc(/C=C2\SC(O)NC2O)c1. The van der Waals surface area contributed by atoms with Crippen molar-refractivity contribution in [1.29, 1.82) is 0 Å². The zero-order chi connectivity index (χ0) is 20.4. The molecule has 5 N–H and O–H groups in total. The first-order valence-electron chi connectivity index (χ1n) is 7.89. The Labute approximate surface area is 174 Å². The van der Waals surface area contributed by atoms with Crippen LogP contribution in [0.2, 0.25) is 10.0 Å². The van der Waals surface area contributed by atoms with E-state index >= 15 is 0 Å². The Bertz CT molecular complexity index is 982. The van der Waals surface area contributed by atoms with E-state index in [4.69, 9.17) is 23.2 Å². The number of amides is 1. The molecule has 146 valence electrons. The molecular weight excluding hydrogens is 427 g/mol. The van der Waals surface area contributed by atoms with Gasteiger partial charge in [0.05, 0.1) is 21.2 Å². The third kappa shape index (κ3) is 4.67. The highest BCUT2D eigenvalue weighted by Crippen LogP contribution is 2.31. The number of carbonyl (C=O) groups is 2. The lowest BCUT2D eigenvalue weighted by molar-refractivity contribution is 0.0692. The largest absolute Gasteiger partial charge is 0.478 e. The lowest BCUT2D eigenvalue weighted by atomic mass is 10.1. The Morgan fingerprint density at radius 1 is 1.11 bits per heavy atom. The summed E-state index contributed by atoms with van der Waals surface area (Å²) in [7, 11) is 0. The number of benzene rings is 2. The van der Waals surface area contributed by atoms with Crippen molar-refractivity contribution in [2.24, 2.45) is 0 Å². The molecule has 3 rings (SSSR count). The summed E-state index contributed by atoms with van der Waals surface area (Å²) in [6.45, 7) is 0. The molecule has 2 unspecified atom stereocenters. The Morgan fingerprint density at radius 2 is 1.79 bits per heavy atom. The number of carboxylic acids is 1. The summed E-state index contributed by atoms with van der Waals surface area (Å²) < 4.78 is 0. The third-order valence-electron chi connectivity index (χ3n) is 3.81. The first-order valence-corrected chi connectivity index (χ1v) is 9.52. The average Bonchev–Trinajstić information content (AvgIpc) is 2.94. The topological polar surface area (TPSA) is 119 Å². The quantitative estimate of drug-likeness (QED) is 0.495. The van der Waals surface area contributed by atoms with Crippen LogP contribution in [0.1, 0.15) is 26.3 Å². The van der Waals surface area contributed by atoms with Crippen LogP contribution in [0.4, 0.5) is 5.69 Å². The van der Waals surface area contributed by atoms with E-state index in [1.807, 2.05) is 0 Å². The second kappa shape index (κ2) is 8.52. The van der Waals surface area contributed by atoms with Crippen molar-refractivity contribution in [2.75, 3.05) is 5.32 Å². The van der Waals surface area contributed by atoms with Crippen molar-refractivity contribution in [2.45, 2.75) is 11.8 Å². The molecule has 2 aromatic carbocycles. The Morgan fingerprint density at radius 3 is 2.39 bits per heavy atom. The lowest BCUT2D eigenvalue weighted by Crippen LogP contribution is -2.28. The van der Waals surface area contributed by atoms with E-state index in [9.17, 15) is 24.9 Å². The molecule has 1 aliphatic heterocycles. The van der Waals surface area contributed by atoms with Crippen molar-refractivity contribution in [1.82, 2.24) is 5.32 Å². The van der Waals surface area contributed by atoms with Crippen LogP contribution >= 0.6 is 35.0 Å². The van der Waals surface area contributed by atoms with Crippen molar-refractivity contribution >= 4 is 58.6 Å². The highest BCUT2D eigenvalue weighted by molar-refractivity contribution is 8.03. The van der Waals surface area contributed by atoms with Gasteiger partial charge in [-0.05, 0) is 35.9 Å². The number of rotatable bonds is 4. The minimum atomic E-state index is -1.31. The van der Waals surface area contributed by atoms with Crippen LogP contribution in [-0.2, 0) is 0 Å². The summed E-state index contributed by atoms with van der Waals surface area (Å²) in [5.74, 6) is -1.96. The summed E-state index contributed by atoms with van der Waals surface area (Å²) in [4.78, 5) is 24.5. The van der Waals surface area contributed by atoms with Crippen molar-refractivity contribution in [3.63, 3.8) is 0 Å². The van der Waals surface area contributed by atoms with Gasteiger partial charge in [0.1, 0.15) is 6.23 Å². The molecule has 1 aliphatic rings. The van der Waals surface area contributed by atoms with Gasteiger partial charge in [-0.3, -0.25) is 10.1 Å². The number of halogens is 2. The average molecular weight is 441 g/mol. The fraction of sp³-hybridized carbons (Fsp3) is 0.111. The van der Waals surface area contributed by atoms with Crippen LogP contribution in [0.3, 0.4) is 0 Å². The highest BCUT2D eigenvalue weighted by atomic mass is 35.5. The third-order valence-corrected chi connectivity index (χ3v) is 5.50. The minimum absolute atomic E-state index is 0.0349. The number of carboxylic acid groups (broad SMARTS) is 1. The summed E-state index contributed by atoms with van der Waals surface area (Å²) >= 11 is 12.8. The molecule has 0 radical (unpaired) electrons. The number of hydrogen-bond acceptors (Lipinski definition) is 6. The summed E-state index contributed by atoms with van der Waals surface area (Å²) in [5, 5.41) is 33.9. The van der Waals surface area contributed by atoms with E-state index in [1.54, 1.807) is 30.3 Å². The van der Waals surface area contributed by atoms with Crippen LogP contribution in [0.5, 0.6) is 0 Å². The maximum Gasteiger partial charge on any atom is 0.336 e. The van der Waals surface area contributed by atoms with Crippen molar-refractivity contribution in [3.8, 4) is 0 Å². The first kappa shape index (κ1) is 20.7. The smallest absolute Gasteiger partial charge is 0.336 e. The first-order chi connectivity index (χ1) is 13.2. The number of carbonyl (C=O) groups excluding carboxylic acids is 1. The predicted molar refractivity (Wildman–Crippen MR) is 109 cm³/mol. The zero-order valence-electron chi connectivity index (χ0n) is 14.0. The molecule has 0 spiro atoms. The summed E-state index contributed by atoms with van der Waals surface area (Å²) in [6.07, 6.45) is 0.684. The van der Waals surface area contributed by atoms with Crippen LogP contribution in [0.25, 0.3) is 6.08 Å². The van der Waals surface area contributed by atoms with E-state index in [0.29, 0.717) is 16.2 Å². The fourth-order valence-corrected chi connectivity index (χ4v) is 3.72. The maximum atomic E-state index is 12.6. The number of anilines is 1. The van der Waals surface area contributed by atoms with Crippen LogP contribution in [-0.4, -0.2) is 39.0 Å². The van der Waals surface area contributed by atoms with Gasteiger partial charge >= 0.3 is 5.97 Å². The predicted octanol–water partition coefficient (Wildman–Crippen LogP) is 3.22. The van der Waals surface area contributed by atoms with E-state index in [-0.39, 0.29) is 21.2 Å². The summed E-state index contributed by atoms with van der Waals surface area (Å²) in [5.41, 5.74) is -0.209. The van der Waals surface area contributed by atoms with Gasteiger partial charge in [-0.15, -0.1) is 0 Å². The molecule has 1 amide bonds. The molecule has 10 heteroatoms. The molecule has 1 saturated heterocycles. The molecule has 1 fully saturated rings. The highest BCUT2D eigenvalue weighted by Gasteiger charge is 2.25. The monoisotopic (exact) mass is 440 g/mol. The molecule has 2 aromatic rings. The van der Waals surface area contributed by atoms with Crippen LogP contribution in [0.15, 0.2) is 41.3 Å². The number of aliphatic hydroxyl groups excluding tert-OH is 2. The van der Waals surface area contributed by atoms with Gasteiger partial charge in [0, 0.05) is 10.6 Å². The van der Waals surface area contributed by atoms with Gasteiger partial charge in [0.25, 0.3) is 5.91 Å². The number of nitrogens with one attached hydrogen (secondary N) is 2. The molecule has 0 saturated carbocycles. The van der Waals surface area contributed by atoms with Crippen molar-refractivity contribution < 1.29 is 24.9 Å². The van der Waals surface area contributed by atoms with Gasteiger partial charge in [0.2, 0.25) is 0 Å². The van der Waals surface area contributed by atoms with E-state index in [0.717, 1.165) is 17.8 Å². The Hall–Kier alpha value is -2.07. The standard InChI is InChI=1S/C18H14Cl2N2O5S/c19-12-6-10(11(17(25)26)7-13(12)20)15(23)21-9-3-1-2-8(4-9)5-14-16(24)22-18(27)28-14/h1-7,16,18,22,24,27H,(H,21,23)(H,25,26)/b14-5-. The molecule has 0 aromatic heterocycles. The zero-order valence-corrected chi connectivity index (χ0v) is 16.3. The van der Waals surface area contributed by atoms with Crippen LogP contribution < -0.4 is 10.6 Å². The molecular formula is C18H14Cl2N2O5S. The molecule has 7 nitrogen and oxygen atoms in total. The molecule has 28 heavy (non-hydrogen) atoms. The fourth-order valence-electron chi connectivity index (χ4n) is 2.54. The van der Waals surface area contributed by atoms with Gasteiger partial charge < -0.3 is 20.6 Å². The number of aliphatic hydroxyl groups is 2. The van der Waals surface area contributed by atoms with Gasteiger partial charge in [-0.25, -0.2) is 4.79 Å². The van der Waals surface area contributed by atoms with Gasteiger partial charge in [-0.1, -0.05) is 47.1 Å². The van der Waals surface area contributed by atoms with E-state index < -0.39 is 23.7 Å². The van der Waals surface area contributed by atoms with Crippen LogP contribution in [0, 0.1) is 0 Å². The van der Waals surface area contributed by atoms with Crippen molar-refractivity contribution in [3.05, 3.63) is 68.0 Å². The minimum Gasteiger partial charge on any atom is -0.478 e. The van der Waals surface area contributed by atoms with E-state index in [2.05, 4.69) is 10.6 Å². The Balaban J connectivity index is 1.85. The molecule has 2 atom stereocenters. The lowest BCUT2D eigenvalue weighted by Gasteiger charge is -2.10. The second-order valence-electron chi connectivity index (χ2n) is 5.78. The number of thioether (sulfide) groups is 1. The van der Waals surface area contributed by atoms with E-state index in [1.165, 1.54) is 6.07 Å². The number of aromatic carboxylic acids is 1. The number of hydrogen-bond donors (Lipinski definition) is 5. The molecule has 0 bridgehead atoms. The normalized spacial score (nSPS) is 20.4. The molecule has 1 heterocycles. The Kier molecular flexibility index (Phi) is 6.29. The maximum absolute atomic E-state index is 12.6. The van der Waals surface area contributed by atoms with Gasteiger partial charge in [0.15, 0.2) is 5.56 Å². The molecule has 0 aliphatic carbocycles. The summed E-state index contributed by atoms with van der Waals surface area (Å²) in [6, 6.07) is 9.03.